The topological polar surface area (TPSA) is 29.9 Å². The van der Waals surface area contributed by atoms with Gasteiger partial charge in [0.2, 0.25) is 0 Å². The van der Waals surface area contributed by atoms with Crippen LogP contribution in [0.2, 0.25) is 0 Å². The second kappa shape index (κ2) is 7.40. The molecule has 0 unspecified atom stereocenters. The number of terminal acetylenes is 1. The lowest BCUT2D eigenvalue weighted by molar-refractivity contribution is 0.655. The SMILES string of the molecule is C#CCCCNCc1cnn(Cc2ccccc2)c1. The fraction of sp³-hybridized carbons (Fsp3) is 0.312. The molecule has 1 aromatic heterocycles. The number of hydrogen-bond acceptors (Lipinski definition) is 2. The molecule has 3 heteroatoms. The molecule has 3 nitrogen and oxygen atoms in total. The van der Waals surface area contributed by atoms with Crippen molar-refractivity contribution >= 4 is 0 Å². The number of aromatic nitrogens is 2. The molecule has 0 aliphatic rings. The summed E-state index contributed by atoms with van der Waals surface area (Å²) in [6.07, 6.45) is 11.1. The lowest BCUT2D eigenvalue weighted by Gasteiger charge is -2.01. The van der Waals surface area contributed by atoms with Crippen molar-refractivity contribution in [3.8, 4) is 12.3 Å². The minimum absolute atomic E-state index is 0.817. The minimum atomic E-state index is 0.817. The van der Waals surface area contributed by atoms with E-state index in [-0.39, 0.29) is 0 Å². The van der Waals surface area contributed by atoms with Gasteiger partial charge >= 0.3 is 0 Å². The zero-order valence-electron chi connectivity index (χ0n) is 11.0. The average molecular weight is 253 g/mol. The maximum atomic E-state index is 5.21. The summed E-state index contributed by atoms with van der Waals surface area (Å²) in [6.45, 7) is 2.62. The summed E-state index contributed by atoms with van der Waals surface area (Å²) >= 11 is 0. The van der Waals surface area contributed by atoms with Crippen LogP contribution in [0.25, 0.3) is 0 Å². The highest BCUT2D eigenvalue weighted by Gasteiger charge is 1.99. The van der Waals surface area contributed by atoms with Gasteiger partial charge in [0.25, 0.3) is 0 Å². The van der Waals surface area contributed by atoms with E-state index in [2.05, 4.69) is 34.7 Å². The third-order valence-electron chi connectivity index (χ3n) is 2.88. The van der Waals surface area contributed by atoms with Crippen LogP contribution < -0.4 is 5.32 Å². The van der Waals surface area contributed by atoms with Crippen LogP contribution in [0, 0.1) is 12.3 Å². The van der Waals surface area contributed by atoms with Gasteiger partial charge in [-0.2, -0.15) is 5.10 Å². The predicted molar refractivity (Wildman–Crippen MR) is 77.5 cm³/mol. The van der Waals surface area contributed by atoms with Crippen LogP contribution in [0.4, 0.5) is 0 Å². The first-order chi connectivity index (χ1) is 9.38. The van der Waals surface area contributed by atoms with Gasteiger partial charge in [0, 0.05) is 24.7 Å². The Labute approximate surface area is 114 Å². The molecule has 0 amide bonds. The molecule has 1 aromatic carbocycles. The highest BCUT2D eigenvalue weighted by molar-refractivity contribution is 5.15. The molecular formula is C16H19N3. The van der Waals surface area contributed by atoms with Crippen molar-refractivity contribution in [1.82, 2.24) is 15.1 Å². The van der Waals surface area contributed by atoms with Gasteiger partial charge in [-0.3, -0.25) is 4.68 Å². The highest BCUT2D eigenvalue weighted by atomic mass is 15.3. The summed E-state index contributed by atoms with van der Waals surface area (Å²) in [6, 6.07) is 10.3. The lowest BCUT2D eigenvalue weighted by Crippen LogP contribution is -2.14. The molecule has 2 rings (SSSR count). The Morgan fingerprint density at radius 1 is 1.21 bits per heavy atom. The molecule has 0 fully saturated rings. The zero-order valence-corrected chi connectivity index (χ0v) is 11.0. The highest BCUT2D eigenvalue weighted by Crippen LogP contribution is 2.03. The summed E-state index contributed by atoms with van der Waals surface area (Å²) in [5.74, 6) is 2.64. The summed E-state index contributed by atoms with van der Waals surface area (Å²) in [5, 5.41) is 7.74. The van der Waals surface area contributed by atoms with Crippen LogP contribution in [0.15, 0.2) is 42.7 Å². The van der Waals surface area contributed by atoms with E-state index in [1.54, 1.807) is 0 Å². The maximum absolute atomic E-state index is 5.21. The maximum Gasteiger partial charge on any atom is 0.0659 e. The smallest absolute Gasteiger partial charge is 0.0659 e. The second-order valence-electron chi connectivity index (χ2n) is 4.52. The van der Waals surface area contributed by atoms with Gasteiger partial charge in [-0.05, 0) is 18.5 Å². The number of unbranched alkanes of at least 4 members (excludes halogenated alkanes) is 1. The van der Waals surface area contributed by atoms with Crippen molar-refractivity contribution in [3.63, 3.8) is 0 Å². The Hall–Kier alpha value is -2.05. The van der Waals surface area contributed by atoms with Crippen LogP contribution in [0.1, 0.15) is 24.0 Å². The van der Waals surface area contributed by atoms with Crippen molar-refractivity contribution in [2.24, 2.45) is 0 Å². The van der Waals surface area contributed by atoms with Gasteiger partial charge in [-0.1, -0.05) is 30.3 Å². The Balaban J connectivity index is 1.78. The first kappa shape index (κ1) is 13.4. The first-order valence-corrected chi connectivity index (χ1v) is 6.58. The van der Waals surface area contributed by atoms with Gasteiger partial charge in [0.1, 0.15) is 0 Å². The van der Waals surface area contributed by atoms with Gasteiger partial charge in [-0.15, -0.1) is 12.3 Å². The number of rotatable bonds is 7. The summed E-state index contributed by atoms with van der Waals surface area (Å²) in [7, 11) is 0. The standard InChI is InChI=1S/C16H19N3/c1-2-3-7-10-17-11-16-12-18-19(14-16)13-15-8-5-4-6-9-15/h1,4-6,8-9,12,14,17H,3,7,10-11,13H2. The van der Waals surface area contributed by atoms with Crippen molar-refractivity contribution in [2.45, 2.75) is 25.9 Å². The van der Waals surface area contributed by atoms with E-state index in [1.807, 2.05) is 29.1 Å². The molecule has 1 N–H and O–H groups in total. The number of nitrogens with one attached hydrogen (secondary N) is 1. The van der Waals surface area contributed by atoms with Crippen LogP contribution in [0.5, 0.6) is 0 Å². The van der Waals surface area contributed by atoms with Gasteiger partial charge in [0.05, 0.1) is 12.7 Å². The van der Waals surface area contributed by atoms with Gasteiger partial charge < -0.3 is 5.32 Å². The Morgan fingerprint density at radius 3 is 2.84 bits per heavy atom. The van der Waals surface area contributed by atoms with Crippen molar-refractivity contribution in [2.75, 3.05) is 6.54 Å². The Bertz CT molecular complexity index is 522. The third kappa shape index (κ3) is 4.61. The van der Waals surface area contributed by atoms with Crippen molar-refractivity contribution in [1.29, 1.82) is 0 Å². The van der Waals surface area contributed by atoms with Gasteiger partial charge in [0.15, 0.2) is 0 Å². The molecule has 19 heavy (non-hydrogen) atoms. The molecule has 0 saturated heterocycles. The molecule has 0 saturated carbocycles. The first-order valence-electron chi connectivity index (χ1n) is 6.58. The number of hydrogen-bond donors (Lipinski definition) is 1. The number of nitrogens with zero attached hydrogens (tertiary/aromatic N) is 2. The predicted octanol–water partition coefficient (Wildman–Crippen LogP) is 2.43. The van der Waals surface area contributed by atoms with E-state index in [9.17, 15) is 0 Å². The Kier molecular flexibility index (Phi) is 5.21. The average Bonchev–Trinajstić information content (AvgIpc) is 2.87. The minimum Gasteiger partial charge on any atom is -0.313 e. The van der Waals surface area contributed by atoms with E-state index in [0.29, 0.717) is 0 Å². The van der Waals surface area contributed by atoms with Gasteiger partial charge in [-0.25, -0.2) is 0 Å². The quantitative estimate of drug-likeness (QED) is 0.606. The molecule has 98 valence electrons. The molecule has 0 aliphatic carbocycles. The Morgan fingerprint density at radius 2 is 2.05 bits per heavy atom. The van der Waals surface area contributed by atoms with E-state index in [4.69, 9.17) is 6.42 Å². The molecule has 0 radical (unpaired) electrons. The molecule has 0 spiro atoms. The fourth-order valence-electron chi connectivity index (χ4n) is 1.90. The molecule has 0 aliphatic heterocycles. The van der Waals surface area contributed by atoms with Crippen LogP contribution in [-0.2, 0) is 13.1 Å². The normalized spacial score (nSPS) is 10.3. The molecule has 2 aromatic rings. The second-order valence-corrected chi connectivity index (χ2v) is 4.52. The van der Waals surface area contributed by atoms with E-state index < -0.39 is 0 Å². The zero-order chi connectivity index (χ0) is 13.3. The monoisotopic (exact) mass is 253 g/mol. The third-order valence-corrected chi connectivity index (χ3v) is 2.88. The molecule has 0 atom stereocenters. The van der Waals surface area contributed by atoms with Crippen LogP contribution >= 0.6 is 0 Å². The summed E-state index contributed by atoms with van der Waals surface area (Å²) in [4.78, 5) is 0. The van der Waals surface area contributed by atoms with E-state index in [1.165, 1.54) is 11.1 Å². The van der Waals surface area contributed by atoms with Crippen LogP contribution in [-0.4, -0.2) is 16.3 Å². The van der Waals surface area contributed by atoms with E-state index in [0.717, 1.165) is 32.5 Å². The fourth-order valence-corrected chi connectivity index (χ4v) is 1.90. The molecule has 1 heterocycles. The lowest BCUT2D eigenvalue weighted by atomic mass is 10.2. The number of benzene rings is 1. The summed E-state index contributed by atoms with van der Waals surface area (Å²) < 4.78 is 1.97. The molecular weight excluding hydrogens is 234 g/mol. The van der Waals surface area contributed by atoms with E-state index >= 15 is 0 Å². The van der Waals surface area contributed by atoms with Crippen LogP contribution in [0.3, 0.4) is 0 Å². The summed E-state index contributed by atoms with van der Waals surface area (Å²) in [5.41, 5.74) is 2.47. The van der Waals surface area contributed by atoms with Crippen molar-refractivity contribution in [3.05, 3.63) is 53.9 Å². The van der Waals surface area contributed by atoms with Crippen molar-refractivity contribution < 1.29 is 0 Å². The largest absolute Gasteiger partial charge is 0.313 e. The molecule has 0 bridgehead atoms.